The van der Waals surface area contributed by atoms with Crippen LogP contribution in [0.3, 0.4) is 0 Å². The fourth-order valence-electron chi connectivity index (χ4n) is 1.25. The Balaban J connectivity index is 2.38. The van der Waals surface area contributed by atoms with Gasteiger partial charge in [-0.05, 0) is 18.6 Å². The maximum absolute atomic E-state index is 11.2. The van der Waals surface area contributed by atoms with Crippen LogP contribution in [0, 0.1) is 6.92 Å². The number of carbonyl (C=O) groups is 1. The van der Waals surface area contributed by atoms with Crippen LogP contribution in [0.5, 0.6) is 0 Å². The molecule has 1 rings (SSSR count). The highest BCUT2D eigenvalue weighted by molar-refractivity contribution is 5.75. The van der Waals surface area contributed by atoms with Crippen LogP contribution in [0.25, 0.3) is 0 Å². The molecule has 1 aromatic carbocycles. The Bertz CT molecular complexity index is 336. The summed E-state index contributed by atoms with van der Waals surface area (Å²) in [6, 6.07) is 7.97. The molecule has 0 heterocycles. The molecule has 0 bridgehead atoms. The van der Waals surface area contributed by atoms with Crippen LogP contribution in [-0.4, -0.2) is 24.5 Å². The van der Waals surface area contributed by atoms with Gasteiger partial charge in [-0.25, -0.2) is 5.84 Å². The van der Waals surface area contributed by atoms with Crippen LogP contribution in [0.2, 0.25) is 0 Å². The number of anilines is 1. The van der Waals surface area contributed by atoms with Crippen molar-refractivity contribution in [3.05, 3.63) is 29.8 Å². The van der Waals surface area contributed by atoms with E-state index in [1.54, 1.807) is 7.05 Å². The highest BCUT2D eigenvalue weighted by Crippen LogP contribution is 2.12. The van der Waals surface area contributed by atoms with E-state index in [4.69, 9.17) is 5.84 Å². The third kappa shape index (κ3) is 3.59. The molecule has 0 fully saturated rings. The highest BCUT2D eigenvalue weighted by atomic mass is 16.2. The summed E-state index contributed by atoms with van der Waals surface area (Å²) in [7, 11) is 1.55. The Labute approximate surface area is 90.0 Å². The number of para-hydroxylation sites is 1. The average Bonchev–Trinajstić information content (AvgIpc) is 2.20. The lowest BCUT2D eigenvalue weighted by molar-refractivity contribution is -0.129. The molecule has 1 aromatic rings. The Kier molecular flexibility index (Phi) is 4.12. The molecule has 0 spiro atoms. The number of benzene rings is 1. The Hall–Kier alpha value is -1.55. The molecule has 4 heteroatoms. The van der Waals surface area contributed by atoms with Crippen molar-refractivity contribution in [2.24, 2.45) is 5.84 Å². The number of hydrogen-bond donors (Lipinski definition) is 2. The van der Waals surface area contributed by atoms with E-state index in [1.807, 2.05) is 31.2 Å². The van der Waals surface area contributed by atoms with E-state index in [1.165, 1.54) is 5.56 Å². The summed E-state index contributed by atoms with van der Waals surface area (Å²) in [5.74, 6) is 5.23. The van der Waals surface area contributed by atoms with Crippen molar-refractivity contribution in [1.29, 1.82) is 0 Å². The molecule has 0 aliphatic carbocycles. The second-order valence-corrected chi connectivity index (χ2v) is 3.50. The van der Waals surface area contributed by atoms with Crippen LogP contribution in [-0.2, 0) is 4.79 Å². The van der Waals surface area contributed by atoms with Gasteiger partial charge in [0.1, 0.15) is 0 Å². The van der Waals surface area contributed by atoms with Crippen LogP contribution < -0.4 is 11.2 Å². The van der Waals surface area contributed by atoms with Gasteiger partial charge in [0.15, 0.2) is 0 Å². The standard InChI is InChI=1S/C11H17N3O/c1-9-5-3-4-6-10(9)13-8-7-11(15)14(2)12/h3-6,13H,7-8,12H2,1-2H3. The number of nitrogens with two attached hydrogens (primary N) is 1. The van der Waals surface area contributed by atoms with Gasteiger partial charge in [0.05, 0.1) is 0 Å². The summed E-state index contributed by atoms with van der Waals surface area (Å²) < 4.78 is 0. The summed E-state index contributed by atoms with van der Waals surface area (Å²) >= 11 is 0. The van der Waals surface area contributed by atoms with Gasteiger partial charge in [-0.3, -0.25) is 9.80 Å². The second-order valence-electron chi connectivity index (χ2n) is 3.50. The van der Waals surface area contributed by atoms with Crippen LogP contribution in [0.4, 0.5) is 5.69 Å². The van der Waals surface area contributed by atoms with Gasteiger partial charge in [-0.2, -0.15) is 0 Å². The number of nitrogens with zero attached hydrogens (tertiary/aromatic N) is 1. The van der Waals surface area contributed by atoms with Gasteiger partial charge in [-0.1, -0.05) is 18.2 Å². The number of hydrogen-bond acceptors (Lipinski definition) is 3. The second kappa shape index (κ2) is 5.36. The maximum Gasteiger partial charge on any atom is 0.237 e. The number of hydrazine groups is 1. The van der Waals surface area contributed by atoms with Gasteiger partial charge < -0.3 is 5.32 Å². The minimum absolute atomic E-state index is 0.0731. The number of aryl methyl sites for hydroxylation is 1. The summed E-state index contributed by atoms with van der Waals surface area (Å²) in [5, 5.41) is 4.31. The number of amides is 1. The third-order valence-corrected chi connectivity index (χ3v) is 2.19. The van der Waals surface area contributed by atoms with E-state index in [0.29, 0.717) is 13.0 Å². The molecule has 1 amide bonds. The quantitative estimate of drug-likeness (QED) is 0.442. The Morgan fingerprint density at radius 2 is 2.13 bits per heavy atom. The van der Waals surface area contributed by atoms with Gasteiger partial charge in [-0.15, -0.1) is 0 Å². The zero-order valence-electron chi connectivity index (χ0n) is 9.16. The SMILES string of the molecule is Cc1ccccc1NCCC(=O)N(C)N. The number of rotatable bonds is 4. The molecule has 15 heavy (non-hydrogen) atoms. The minimum Gasteiger partial charge on any atom is -0.384 e. The monoisotopic (exact) mass is 207 g/mol. The van der Waals surface area contributed by atoms with Crippen molar-refractivity contribution in [2.75, 3.05) is 18.9 Å². The molecule has 0 unspecified atom stereocenters. The maximum atomic E-state index is 11.2. The lowest BCUT2D eigenvalue weighted by Crippen LogP contribution is -2.34. The fraction of sp³-hybridized carbons (Fsp3) is 0.364. The van der Waals surface area contributed by atoms with E-state index in [0.717, 1.165) is 10.7 Å². The van der Waals surface area contributed by atoms with Gasteiger partial charge in [0, 0.05) is 25.7 Å². The van der Waals surface area contributed by atoms with E-state index >= 15 is 0 Å². The van der Waals surface area contributed by atoms with E-state index < -0.39 is 0 Å². The fourth-order valence-corrected chi connectivity index (χ4v) is 1.25. The van der Waals surface area contributed by atoms with Crippen LogP contribution in [0.15, 0.2) is 24.3 Å². The minimum atomic E-state index is -0.0731. The normalized spacial score (nSPS) is 9.80. The van der Waals surface area contributed by atoms with Gasteiger partial charge in [0.25, 0.3) is 0 Å². The molecule has 0 saturated heterocycles. The molecular weight excluding hydrogens is 190 g/mol. The number of nitrogens with one attached hydrogen (secondary N) is 1. The van der Waals surface area contributed by atoms with Crippen LogP contribution >= 0.6 is 0 Å². The first-order valence-corrected chi connectivity index (χ1v) is 4.92. The predicted molar refractivity (Wildman–Crippen MR) is 61.2 cm³/mol. The average molecular weight is 207 g/mol. The van der Waals surface area contributed by atoms with Gasteiger partial charge in [0.2, 0.25) is 5.91 Å². The molecule has 0 saturated carbocycles. The third-order valence-electron chi connectivity index (χ3n) is 2.19. The molecular formula is C11H17N3O. The molecule has 0 aliphatic rings. The van der Waals surface area contributed by atoms with Crippen LogP contribution in [0.1, 0.15) is 12.0 Å². The summed E-state index contributed by atoms with van der Waals surface area (Å²) in [6.07, 6.45) is 0.404. The van der Waals surface area contributed by atoms with Crippen molar-refractivity contribution in [2.45, 2.75) is 13.3 Å². The Morgan fingerprint density at radius 1 is 1.47 bits per heavy atom. The molecule has 0 aromatic heterocycles. The highest BCUT2D eigenvalue weighted by Gasteiger charge is 2.03. The molecule has 3 N–H and O–H groups in total. The van der Waals surface area contributed by atoms with Crippen molar-refractivity contribution in [3.8, 4) is 0 Å². The van der Waals surface area contributed by atoms with Crippen molar-refractivity contribution < 1.29 is 4.79 Å². The van der Waals surface area contributed by atoms with E-state index in [-0.39, 0.29) is 5.91 Å². The summed E-state index contributed by atoms with van der Waals surface area (Å²) in [6.45, 7) is 2.63. The first-order valence-electron chi connectivity index (χ1n) is 4.92. The smallest absolute Gasteiger partial charge is 0.237 e. The van der Waals surface area contributed by atoms with E-state index in [9.17, 15) is 4.79 Å². The molecule has 0 radical (unpaired) electrons. The summed E-state index contributed by atoms with van der Waals surface area (Å²) in [4.78, 5) is 11.2. The molecule has 0 aliphatic heterocycles. The first kappa shape index (κ1) is 11.5. The molecule has 82 valence electrons. The largest absolute Gasteiger partial charge is 0.384 e. The predicted octanol–water partition coefficient (Wildman–Crippen LogP) is 1.13. The van der Waals surface area contributed by atoms with Crippen molar-refractivity contribution >= 4 is 11.6 Å². The van der Waals surface area contributed by atoms with Gasteiger partial charge >= 0.3 is 0 Å². The zero-order chi connectivity index (χ0) is 11.3. The topological polar surface area (TPSA) is 58.4 Å². The summed E-state index contributed by atoms with van der Waals surface area (Å²) in [5.41, 5.74) is 2.23. The Morgan fingerprint density at radius 3 is 2.73 bits per heavy atom. The van der Waals surface area contributed by atoms with Crippen molar-refractivity contribution in [3.63, 3.8) is 0 Å². The lowest BCUT2D eigenvalue weighted by Gasteiger charge is -2.11. The number of carbonyl (C=O) groups excluding carboxylic acids is 1. The molecule has 4 nitrogen and oxygen atoms in total. The lowest BCUT2D eigenvalue weighted by atomic mass is 10.2. The zero-order valence-corrected chi connectivity index (χ0v) is 9.16. The molecule has 0 atom stereocenters. The van der Waals surface area contributed by atoms with E-state index in [2.05, 4.69) is 5.32 Å². The first-order chi connectivity index (χ1) is 7.11. The van der Waals surface area contributed by atoms with Crippen molar-refractivity contribution in [1.82, 2.24) is 5.01 Å².